The number of benzene rings is 1. The first-order chi connectivity index (χ1) is 12.1. The summed E-state index contributed by atoms with van der Waals surface area (Å²) in [6.45, 7) is 2.14. The Hall–Kier alpha value is -1.90. The van der Waals surface area contributed by atoms with Gasteiger partial charge in [-0.2, -0.15) is 0 Å². The number of aromatic nitrogens is 2. The maximum atomic E-state index is 12.5. The van der Waals surface area contributed by atoms with E-state index in [0.29, 0.717) is 25.5 Å². The number of ether oxygens (including phenoxy) is 2. The molecule has 2 aromatic rings. The fourth-order valence-corrected chi connectivity index (χ4v) is 3.99. The number of hydrogen-bond acceptors (Lipinski definition) is 5. The molecular formula is C17H23N3O4S. The normalized spacial score (nSPS) is 17.2. The van der Waals surface area contributed by atoms with Crippen LogP contribution in [0.25, 0.3) is 0 Å². The molecule has 8 heteroatoms. The van der Waals surface area contributed by atoms with Crippen molar-refractivity contribution in [2.45, 2.75) is 24.3 Å². The highest BCUT2D eigenvalue weighted by molar-refractivity contribution is 7.89. The lowest BCUT2D eigenvalue weighted by Crippen LogP contribution is -2.33. The number of methoxy groups -OCH3 is 1. The van der Waals surface area contributed by atoms with Crippen LogP contribution < -0.4 is 9.46 Å². The molecule has 1 aromatic heterocycles. The number of nitrogens with zero attached hydrogens (tertiary/aromatic N) is 2. The van der Waals surface area contributed by atoms with Crippen LogP contribution in [-0.4, -0.2) is 44.8 Å². The molecule has 0 saturated heterocycles. The van der Waals surface area contributed by atoms with Crippen LogP contribution in [0.15, 0.2) is 41.6 Å². The molecule has 1 aromatic carbocycles. The minimum atomic E-state index is -3.52. The van der Waals surface area contributed by atoms with Crippen molar-refractivity contribution >= 4 is 10.0 Å². The van der Waals surface area contributed by atoms with Gasteiger partial charge in [0.1, 0.15) is 18.2 Å². The Bertz CT molecular complexity index is 786. The number of rotatable bonds is 8. The third-order valence-electron chi connectivity index (χ3n) is 4.29. The van der Waals surface area contributed by atoms with Gasteiger partial charge < -0.3 is 14.0 Å². The minimum absolute atomic E-state index is 0.241. The first kappa shape index (κ1) is 17.9. The molecule has 136 valence electrons. The third-order valence-corrected chi connectivity index (χ3v) is 5.72. The van der Waals surface area contributed by atoms with Crippen LogP contribution in [0.4, 0.5) is 0 Å². The zero-order chi connectivity index (χ0) is 17.7. The maximum Gasteiger partial charge on any atom is 0.240 e. The van der Waals surface area contributed by atoms with E-state index in [1.165, 1.54) is 0 Å². The van der Waals surface area contributed by atoms with Crippen molar-refractivity contribution in [1.82, 2.24) is 14.3 Å². The smallest absolute Gasteiger partial charge is 0.240 e. The summed E-state index contributed by atoms with van der Waals surface area (Å²) in [6, 6.07) is 6.42. The van der Waals surface area contributed by atoms with E-state index in [1.54, 1.807) is 37.6 Å². The van der Waals surface area contributed by atoms with Crippen molar-refractivity contribution in [3.05, 3.63) is 42.5 Å². The number of hydrogen-bond donors (Lipinski definition) is 1. The van der Waals surface area contributed by atoms with Gasteiger partial charge in [-0.05, 0) is 36.6 Å². The maximum absolute atomic E-state index is 12.5. The molecule has 0 saturated carbocycles. The van der Waals surface area contributed by atoms with Gasteiger partial charge in [-0.1, -0.05) is 0 Å². The zero-order valence-electron chi connectivity index (χ0n) is 14.2. The highest BCUT2D eigenvalue weighted by atomic mass is 32.2. The van der Waals surface area contributed by atoms with Gasteiger partial charge in [0, 0.05) is 39.0 Å². The molecule has 1 N–H and O–H groups in total. The predicted octanol–water partition coefficient (Wildman–Crippen LogP) is 1.45. The molecule has 0 aliphatic carbocycles. The lowest BCUT2D eigenvalue weighted by molar-refractivity contribution is 0.146. The highest BCUT2D eigenvalue weighted by Crippen LogP contribution is 2.20. The highest BCUT2D eigenvalue weighted by Gasteiger charge is 2.21. The van der Waals surface area contributed by atoms with Crippen LogP contribution in [0, 0.1) is 5.92 Å². The second-order valence-corrected chi connectivity index (χ2v) is 7.83. The molecule has 0 radical (unpaired) electrons. The Morgan fingerprint density at radius 1 is 1.28 bits per heavy atom. The molecule has 0 spiro atoms. The molecular weight excluding hydrogens is 342 g/mol. The number of sulfonamides is 1. The average molecular weight is 365 g/mol. The predicted molar refractivity (Wildman–Crippen MR) is 93.0 cm³/mol. The van der Waals surface area contributed by atoms with E-state index in [0.717, 1.165) is 25.2 Å². The van der Waals surface area contributed by atoms with Crippen LogP contribution in [0.3, 0.4) is 0 Å². The van der Waals surface area contributed by atoms with Gasteiger partial charge in [0.2, 0.25) is 10.0 Å². The molecule has 2 heterocycles. The summed E-state index contributed by atoms with van der Waals surface area (Å²) in [4.78, 5) is 4.53. The van der Waals surface area contributed by atoms with Crippen LogP contribution in [-0.2, 0) is 27.7 Å². The van der Waals surface area contributed by atoms with Crippen molar-refractivity contribution in [1.29, 1.82) is 0 Å². The van der Waals surface area contributed by atoms with E-state index < -0.39 is 10.0 Å². The van der Waals surface area contributed by atoms with E-state index >= 15 is 0 Å². The molecule has 0 unspecified atom stereocenters. The van der Waals surface area contributed by atoms with Gasteiger partial charge in [0.25, 0.3) is 0 Å². The molecule has 3 rings (SSSR count). The van der Waals surface area contributed by atoms with E-state index in [-0.39, 0.29) is 10.8 Å². The van der Waals surface area contributed by atoms with Gasteiger partial charge in [0.05, 0.1) is 11.5 Å². The van der Waals surface area contributed by atoms with Gasteiger partial charge in [-0.25, -0.2) is 18.1 Å². The Morgan fingerprint density at radius 3 is 2.84 bits per heavy atom. The summed E-state index contributed by atoms with van der Waals surface area (Å²) in [7, 11) is -1.92. The summed E-state index contributed by atoms with van der Waals surface area (Å²) in [5.74, 6) is 1.97. The standard InChI is InChI=1S/C17H23N3O4S/c1-23-10-11-24-15-3-5-16(6-4-15)25(21,22)19-12-14-2-7-17-18-8-9-20(17)13-14/h3-6,8-9,14,19H,2,7,10-13H2,1H3/t14-/m1/s1. The van der Waals surface area contributed by atoms with Crippen molar-refractivity contribution < 1.29 is 17.9 Å². The Kier molecular flexibility index (Phi) is 5.72. The lowest BCUT2D eigenvalue weighted by atomic mass is 10.00. The third kappa shape index (κ3) is 4.59. The van der Waals surface area contributed by atoms with Crippen molar-refractivity contribution in [3.8, 4) is 5.75 Å². The van der Waals surface area contributed by atoms with Crippen molar-refractivity contribution in [2.75, 3.05) is 26.9 Å². The molecule has 1 aliphatic heterocycles. The minimum Gasteiger partial charge on any atom is -0.491 e. The summed E-state index contributed by atoms with van der Waals surface area (Å²) in [5, 5.41) is 0. The second kappa shape index (κ2) is 7.99. The Balaban J connectivity index is 1.55. The largest absolute Gasteiger partial charge is 0.491 e. The lowest BCUT2D eigenvalue weighted by Gasteiger charge is -2.23. The first-order valence-electron chi connectivity index (χ1n) is 8.30. The average Bonchev–Trinajstić information content (AvgIpc) is 3.08. The topological polar surface area (TPSA) is 82.4 Å². The summed E-state index contributed by atoms with van der Waals surface area (Å²) < 4.78 is 40.1. The number of nitrogens with one attached hydrogen (secondary N) is 1. The molecule has 7 nitrogen and oxygen atoms in total. The quantitative estimate of drug-likeness (QED) is 0.716. The summed E-state index contributed by atoms with van der Waals surface area (Å²) in [5.41, 5.74) is 0. The molecule has 0 amide bonds. The van der Waals surface area contributed by atoms with E-state index in [9.17, 15) is 8.42 Å². The fraction of sp³-hybridized carbons (Fsp3) is 0.471. The molecule has 0 bridgehead atoms. The van der Waals surface area contributed by atoms with Gasteiger partial charge in [0.15, 0.2) is 0 Å². The number of imidazole rings is 1. The van der Waals surface area contributed by atoms with Gasteiger partial charge in [-0.15, -0.1) is 0 Å². The van der Waals surface area contributed by atoms with E-state index in [4.69, 9.17) is 9.47 Å². The van der Waals surface area contributed by atoms with Crippen molar-refractivity contribution in [2.24, 2.45) is 5.92 Å². The van der Waals surface area contributed by atoms with E-state index in [2.05, 4.69) is 14.3 Å². The first-order valence-corrected chi connectivity index (χ1v) is 9.78. The van der Waals surface area contributed by atoms with Gasteiger partial charge >= 0.3 is 0 Å². The van der Waals surface area contributed by atoms with Crippen LogP contribution in [0.2, 0.25) is 0 Å². The van der Waals surface area contributed by atoms with Gasteiger partial charge in [-0.3, -0.25) is 0 Å². The molecule has 1 aliphatic rings. The number of aryl methyl sites for hydroxylation is 1. The number of fused-ring (bicyclic) bond motifs is 1. The van der Waals surface area contributed by atoms with Crippen molar-refractivity contribution in [3.63, 3.8) is 0 Å². The molecule has 25 heavy (non-hydrogen) atoms. The SMILES string of the molecule is COCCOc1ccc(S(=O)(=O)NC[C@H]2CCc3nccn3C2)cc1. The second-order valence-electron chi connectivity index (χ2n) is 6.07. The van der Waals surface area contributed by atoms with E-state index in [1.807, 2.05) is 6.20 Å². The summed E-state index contributed by atoms with van der Waals surface area (Å²) in [6.07, 6.45) is 5.55. The van der Waals surface area contributed by atoms with Crippen LogP contribution >= 0.6 is 0 Å². The monoisotopic (exact) mass is 365 g/mol. The Morgan fingerprint density at radius 2 is 2.08 bits per heavy atom. The Labute approximate surface area is 148 Å². The van der Waals surface area contributed by atoms with Crippen LogP contribution in [0.5, 0.6) is 5.75 Å². The fourth-order valence-electron chi connectivity index (χ4n) is 2.87. The molecule has 0 fully saturated rings. The molecule has 1 atom stereocenters. The zero-order valence-corrected chi connectivity index (χ0v) is 15.0. The van der Waals surface area contributed by atoms with Crippen LogP contribution in [0.1, 0.15) is 12.2 Å². The summed E-state index contributed by atoms with van der Waals surface area (Å²) >= 11 is 0.